The summed E-state index contributed by atoms with van der Waals surface area (Å²) in [5.74, 6) is -0.813. The molecule has 0 radical (unpaired) electrons. The number of benzene rings is 1. The lowest BCUT2D eigenvalue weighted by atomic mass is 10.2. The summed E-state index contributed by atoms with van der Waals surface area (Å²) in [4.78, 5) is 22.7. The van der Waals surface area contributed by atoms with E-state index in [9.17, 15) is 9.59 Å². The molecule has 0 aromatic heterocycles. The van der Waals surface area contributed by atoms with Crippen LogP contribution in [-0.2, 0) is 9.53 Å². The van der Waals surface area contributed by atoms with Crippen LogP contribution in [0.3, 0.4) is 0 Å². The molecule has 5 nitrogen and oxygen atoms in total. The molecular formula is C11H14N2O3. The minimum Gasteiger partial charge on any atom is -0.462 e. The molecule has 0 aliphatic carbocycles. The molecule has 3 N–H and O–H groups in total. The van der Waals surface area contributed by atoms with Crippen molar-refractivity contribution in [3.63, 3.8) is 0 Å². The topological polar surface area (TPSA) is 81.4 Å². The normalized spacial score (nSPS) is 9.62. The number of hydrogen-bond acceptors (Lipinski definition) is 4. The average Bonchev–Trinajstić information content (AvgIpc) is 2.30. The van der Waals surface area contributed by atoms with Gasteiger partial charge in [-0.15, -0.1) is 0 Å². The maximum atomic E-state index is 11.5. The van der Waals surface area contributed by atoms with Gasteiger partial charge in [0, 0.05) is 0 Å². The lowest BCUT2D eigenvalue weighted by Crippen LogP contribution is -2.23. The van der Waals surface area contributed by atoms with Gasteiger partial charge in [-0.25, -0.2) is 4.79 Å². The molecule has 0 spiro atoms. The SMILES string of the molecule is CCOC(=O)c1ccccc1NC(=O)CN. The fourth-order valence-electron chi connectivity index (χ4n) is 1.18. The molecule has 0 heterocycles. The first-order chi connectivity index (χ1) is 7.69. The molecule has 86 valence electrons. The molecule has 0 bridgehead atoms. The van der Waals surface area contributed by atoms with E-state index in [2.05, 4.69) is 5.32 Å². The Hall–Kier alpha value is -1.88. The third-order valence-corrected chi connectivity index (χ3v) is 1.88. The Kier molecular flexibility index (Phi) is 4.47. The highest BCUT2D eigenvalue weighted by Gasteiger charge is 2.12. The van der Waals surface area contributed by atoms with E-state index in [4.69, 9.17) is 10.5 Å². The van der Waals surface area contributed by atoms with Gasteiger partial charge in [0.2, 0.25) is 5.91 Å². The molecule has 0 atom stereocenters. The highest BCUT2D eigenvalue weighted by molar-refractivity contribution is 6.01. The van der Waals surface area contributed by atoms with Crippen molar-refractivity contribution in [1.29, 1.82) is 0 Å². The van der Waals surface area contributed by atoms with E-state index in [1.807, 2.05) is 0 Å². The Labute approximate surface area is 93.6 Å². The predicted octanol–water partition coefficient (Wildman–Crippen LogP) is 0.761. The lowest BCUT2D eigenvalue weighted by molar-refractivity contribution is -0.114. The maximum Gasteiger partial charge on any atom is 0.340 e. The zero-order valence-electron chi connectivity index (χ0n) is 9.03. The zero-order valence-corrected chi connectivity index (χ0v) is 9.03. The second kappa shape index (κ2) is 5.87. The van der Waals surface area contributed by atoms with Crippen LogP contribution >= 0.6 is 0 Å². The Morgan fingerprint density at radius 2 is 2.06 bits per heavy atom. The van der Waals surface area contributed by atoms with Gasteiger partial charge in [0.05, 0.1) is 24.4 Å². The van der Waals surface area contributed by atoms with Gasteiger partial charge in [0.25, 0.3) is 0 Å². The average molecular weight is 222 g/mol. The molecule has 0 saturated heterocycles. The number of ether oxygens (including phenoxy) is 1. The van der Waals surface area contributed by atoms with Gasteiger partial charge in [0.15, 0.2) is 0 Å². The van der Waals surface area contributed by atoms with E-state index in [0.29, 0.717) is 11.3 Å². The second-order valence-electron chi connectivity index (χ2n) is 3.02. The van der Waals surface area contributed by atoms with Gasteiger partial charge in [-0.3, -0.25) is 4.79 Å². The molecule has 1 amide bonds. The van der Waals surface area contributed by atoms with Crippen molar-refractivity contribution in [3.8, 4) is 0 Å². The molecule has 1 rings (SSSR count). The predicted molar refractivity (Wildman–Crippen MR) is 60.1 cm³/mol. The van der Waals surface area contributed by atoms with Crippen molar-refractivity contribution < 1.29 is 14.3 Å². The van der Waals surface area contributed by atoms with E-state index < -0.39 is 5.97 Å². The van der Waals surface area contributed by atoms with Crippen LogP contribution in [-0.4, -0.2) is 25.0 Å². The number of rotatable bonds is 4. The van der Waals surface area contributed by atoms with Crippen LogP contribution in [0.25, 0.3) is 0 Å². The van der Waals surface area contributed by atoms with Gasteiger partial charge in [-0.05, 0) is 19.1 Å². The number of amides is 1. The Bertz CT molecular complexity index is 391. The molecule has 0 aliphatic rings. The number of carbonyl (C=O) groups is 2. The third-order valence-electron chi connectivity index (χ3n) is 1.88. The van der Waals surface area contributed by atoms with Crippen LogP contribution in [0.4, 0.5) is 5.69 Å². The van der Waals surface area contributed by atoms with Crippen LogP contribution in [0.1, 0.15) is 17.3 Å². The van der Waals surface area contributed by atoms with Gasteiger partial charge < -0.3 is 15.8 Å². The highest BCUT2D eigenvalue weighted by atomic mass is 16.5. The van der Waals surface area contributed by atoms with E-state index in [1.165, 1.54) is 0 Å². The van der Waals surface area contributed by atoms with Crippen molar-refractivity contribution in [3.05, 3.63) is 29.8 Å². The first kappa shape index (κ1) is 12.2. The van der Waals surface area contributed by atoms with Gasteiger partial charge in [-0.1, -0.05) is 12.1 Å². The van der Waals surface area contributed by atoms with Crippen LogP contribution in [0.5, 0.6) is 0 Å². The van der Waals surface area contributed by atoms with Gasteiger partial charge >= 0.3 is 5.97 Å². The molecule has 1 aromatic rings. The largest absolute Gasteiger partial charge is 0.462 e. The first-order valence-corrected chi connectivity index (χ1v) is 4.95. The molecule has 0 saturated carbocycles. The van der Waals surface area contributed by atoms with Crippen LogP contribution in [0.15, 0.2) is 24.3 Å². The van der Waals surface area contributed by atoms with Crippen molar-refractivity contribution >= 4 is 17.6 Å². The summed E-state index contributed by atoms with van der Waals surface area (Å²) in [6.07, 6.45) is 0. The van der Waals surface area contributed by atoms with E-state index in [0.717, 1.165) is 0 Å². The van der Waals surface area contributed by atoms with Crippen molar-refractivity contribution in [2.75, 3.05) is 18.5 Å². The summed E-state index contributed by atoms with van der Waals surface area (Å²) >= 11 is 0. The van der Waals surface area contributed by atoms with Crippen molar-refractivity contribution in [2.24, 2.45) is 5.73 Å². The molecular weight excluding hydrogens is 208 g/mol. The standard InChI is InChI=1S/C11H14N2O3/c1-2-16-11(15)8-5-3-4-6-9(8)13-10(14)7-12/h3-6H,2,7,12H2,1H3,(H,13,14). The number of para-hydroxylation sites is 1. The number of anilines is 1. The van der Waals surface area contributed by atoms with Crippen molar-refractivity contribution in [1.82, 2.24) is 0 Å². The number of hydrogen-bond donors (Lipinski definition) is 2. The lowest BCUT2D eigenvalue weighted by Gasteiger charge is -2.09. The van der Waals surface area contributed by atoms with Crippen LogP contribution in [0, 0.1) is 0 Å². The number of esters is 1. The summed E-state index contributed by atoms with van der Waals surface area (Å²) in [6.45, 7) is 1.88. The monoisotopic (exact) mass is 222 g/mol. The number of carbonyl (C=O) groups excluding carboxylic acids is 2. The molecule has 1 aromatic carbocycles. The van der Waals surface area contributed by atoms with E-state index >= 15 is 0 Å². The van der Waals surface area contributed by atoms with E-state index in [1.54, 1.807) is 31.2 Å². The molecule has 0 aliphatic heterocycles. The smallest absolute Gasteiger partial charge is 0.340 e. The third kappa shape index (κ3) is 3.06. The van der Waals surface area contributed by atoms with Gasteiger partial charge in [-0.2, -0.15) is 0 Å². The minimum absolute atomic E-state index is 0.128. The number of nitrogens with two attached hydrogens (primary N) is 1. The summed E-state index contributed by atoms with van der Waals surface area (Å²) in [7, 11) is 0. The Balaban J connectivity index is 2.91. The first-order valence-electron chi connectivity index (χ1n) is 4.95. The highest BCUT2D eigenvalue weighted by Crippen LogP contribution is 2.15. The molecule has 0 fully saturated rings. The zero-order chi connectivity index (χ0) is 12.0. The quantitative estimate of drug-likeness (QED) is 0.737. The number of nitrogens with one attached hydrogen (secondary N) is 1. The Morgan fingerprint density at radius 3 is 2.69 bits per heavy atom. The van der Waals surface area contributed by atoms with Crippen LogP contribution in [0.2, 0.25) is 0 Å². The molecule has 16 heavy (non-hydrogen) atoms. The fourth-order valence-corrected chi connectivity index (χ4v) is 1.18. The summed E-state index contributed by atoms with van der Waals surface area (Å²) in [6, 6.07) is 6.63. The molecule has 0 unspecified atom stereocenters. The summed E-state index contributed by atoms with van der Waals surface area (Å²) in [5, 5.41) is 2.53. The van der Waals surface area contributed by atoms with E-state index in [-0.39, 0.29) is 19.1 Å². The maximum absolute atomic E-state index is 11.5. The van der Waals surface area contributed by atoms with Crippen molar-refractivity contribution in [2.45, 2.75) is 6.92 Å². The van der Waals surface area contributed by atoms with Crippen LogP contribution < -0.4 is 11.1 Å². The minimum atomic E-state index is -0.463. The fraction of sp³-hybridized carbons (Fsp3) is 0.273. The Morgan fingerprint density at radius 1 is 1.38 bits per heavy atom. The molecule has 5 heteroatoms. The van der Waals surface area contributed by atoms with Gasteiger partial charge in [0.1, 0.15) is 0 Å². The summed E-state index contributed by atoms with van der Waals surface area (Å²) < 4.78 is 4.86. The second-order valence-corrected chi connectivity index (χ2v) is 3.02. The summed E-state index contributed by atoms with van der Waals surface area (Å²) in [5.41, 5.74) is 5.91.